The van der Waals surface area contributed by atoms with Crippen molar-refractivity contribution in [3.05, 3.63) is 0 Å². The second kappa shape index (κ2) is 9.20. The first-order chi connectivity index (χ1) is 7.93. The summed E-state index contributed by atoms with van der Waals surface area (Å²) in [5, 5.41) is 2.90. The molecular weight excluding hydrogens is 214 g/mol. The summed E-state index contributed by atoms with van der Waals surface area (Å²) in [5.74, 6) is 1.05. The van der Waals surface area contributed by atoms with Crippen LogP contribution in [0.2, 0.25) is 0 Å². The lowest BCUT2D eigenvalue weighted by atomic mass is 10.0. The van der Waals surface area contributed by atoms with Gasteiger partial charge in [0.05, 0.1) is 0 Å². The SMILES string of the molecule is CC(C)CC(=O)NCCCCCC(=O)C(C)C. The van der Waals surface area contributed by atoms with Gasteiger partial charge in [0, 0.05) is 25.3 Å². The van der Waals surface area contributed by atoms with Crippen molar-refractivity contribution in [1.82, 2.24) is 5.32 Å². The number of ketones is 1. The number of unbranched alkanes of at least 4 members (excludes halogenated alkanes) is 2. The van der Waals surface area contributed by atoms with Gasteiger partial charge in [-0.05, 0) is 18.8 Å². The van der Waals surface area contributed by atoms with Crippen molar-refractivity contribution in [2.75, 3.05) is 6.54 Å². The van der Waals surface area contributed by atoms with Gasteiger partial charge in [-0.1, -0.05) is 34.1 Å². The highest BCUT2D eigenvalue weighted by molar-refractivity contribution is 5.80. The number of hydrogen-bond donors (Lipinski definition) is 1. The van der Waals surface area contributed by atoms with Crippen LogP contribution in [0.3, 0.4) is 0 Å². The Morgan fingerprint density at radius 1 is 1.00 bits per heavy atom. The highest BCUT2D eigenvalue weighted by atomic mass is 16.1. The van der Waals surface area contributed by atoms with E-state index < -0.39 is 0 Å². The van der Waals surface area contributed by atoms with Crippen LogP contribution in [-0.4, -0.2) is 18.2 Å². The van der Waals surface area contributed by atoms with Crippen molar-refractivity contribution in [3.8, 4) is 0 Å². The van der Waals surface area contributed by atoms with Gasteiger partial charge in [0.15, 0.2) is 0 Å². The Hall–Kier alpha value is -0.860. The van der Waals surface area contributed by atoms with Crippen molar-refractivity contribution in [2.45, 2.75) is 59.8 Å². The smallest absolute Gasteiger partial charge is 0.220 e. The standard InChI is InChI=1S/C14H27NO2/c1-11(2)10-14(17)15-9-7-5-6-8-13(16)12(3)4/h11-12H,5-10H2,1-4H3,(H,15,17). The van der Waals surface area contributed by atoms with E-state index in [0.29, 0.717) is 24.5 Å². The molecule has 17 heavy (non-hydrogen) atoms. The summed E-state index contributed by atoms with van der Waals surface area (Å²) in [6, 6.07) is 0. The van der Waals surface area contributed by atoms with E-state index in [1.165, 1.54) is 0 Å². The number of nitrogens with one attached hydrogen (secondary N) is 1. The van der Waals surface area contributed by atoms with Gasteiger partial charge < -0.3 is 5.32 Å². The predicted molar refractivity (Wildman–Crippen MR) is 70.8 cm³/mol. The number of Topliss-reactive ketones (excluding diaryl/α,β-unsaturated/α-hetero) is 1. The van der Waals surface area contributed by atoms with Crippen LogP contribution in [0.4, 0.5) is 0 Å². The van der Waals surface area contributed by atoms with Crippen molar-refractivity contribution >= 4 is 11.7 Å². The second-order valence-electron chi connectivity index (χ2n) is 5.38. The number of hydrogen-bond acceptors (Lipinski definition) is 2. The molecule has 0 aromatic carbocycles. The zero-order valence-corrected chi connectivity index (χ0v) is 11.7. The molecule has 0 atom stereocenters. The minimum atomic E-state index is 0.137. The van der Waals surface area contributed by atoms with E-state index in [-0.39, 0.29) is 11.8 Å². The van der Waals surface area contributed by atoms with Crippen molar-refractivity contribution in [1.29, 1.82) is 0 Å². The molecule has 0 aliphatic rings. The van der Waals surface area contributed by atoms with E-state index in [2.05, 4.69) is 5.32 Å². The largest absolute Gasteiger partial charge is 0.356 e. The highest BCUT2D eigenvalue weighted by Gasteiger charge is 2.06. The first kappa shape index (κ1) is 16.1. The third-order valence-electron chi connectivity index (χ3n) is 2.66. The highest BCUT2D eigenvalue weighted by Crippen LogP contribution is 2.05. The summed E-state index contributed by atoms with van der Waals surface area (Å²) in [7, 11) is 0. The minimum absolute atomic E-state index is 0.137. The lowest BCUT2D eigenvalue weighted by Gasteiger charge is -2.07. The van der Waals surface area contributed by atoms with E-state index in [1.807, 2.05) is 27.7 Å². The van der Waals surface area contributed by atoms with Crippen molar-refractivity contribution in [3.63, 3.8) is 0 Å². The molecule has 0 heterocycles. The molecule has 1 amide bonds. The van der Waals surface area contributed by atoms with Crippen molar-refractivity contribution in [2.24, 2.45) is 11.8 Å². The summed E-state index contributed by atoms with van der Waals surface area (Å²) in [6.45, 7) is 8.69. The molecule has 100 valence electrons. The van der Waals surface area contributed by atoms with Gasteiger partial charge in [-0.3, -0.25) is 9.59 Å². The zero-order chi connectivity index (χ0) is 13.3. The number of amides is 1. The third kappa shape index (κ3) is 10.0. The Morgan fingerprint density at radius 2 is 1.65 bits per heavy atom. The van der Waals surface area contributed by atoms with Gasteiger partial charge in [-0.25, -0.2) is 0 Å². The Morgan fingerprint density at radius 3 is 2.18 bits per heavy atom. The van der Waals surface area contributed by atoms with Gasteiger partial charge >= 0.3 is 0 Å². The molecule has 0 saturated carbocycles. The number of carbonyl (C=O) groups is 2. The predicted octanol–water partition coefficient (Wildman–Crippen LogP) is 2.93. The van der Waals surface area contributed by atoms with Crippen LogP contribution < -0.4 is 5.32 Å². The fourth-order valence-corrected chi connectivity index (χ4v) is 1.56. The molecule has 0 saturated heterocycles. The molecule has 3 nitrogen and oxygen atoms in total. The molecule has 0 aliphatic heterocycles. The zero-order valence-electron chi connectivity index (χ0n) is 11.7. The molecule has 0 bridgehead atoms. The maximum atomic E-state index is 11.3. The molecule has 0 radical (unpaired) electrons. The summed E-state index contributed by atoms with van der Waals surface area (Å²) >= 11 is 0. The number of rotatable bonds is 9. The lowest BCUT2D eigenvalue weighted by Crippen LogP contribution is -2.25. The fourth-order valence-electron chi connectivity index (χ4n) is 1.56. The molecule has 0 rings (SSSR count). The average Bonchev–Trinajstić information content (AvgIpc) is 2.21. The Bertz CT molecular complexity index is 234. The molecule has 0 unspecified atom stereocenters. The van der Waals surface area contributed by atoms with Crippen molar-refractivity contribution < 1.29 is 9.59 Å². The first-order valence-electron chi connectivity index (χ1n) is 6.73. The normalized spacial score (nSPS) is 10.9. The molecule has 0 aromatic heterocycles. The quantitative estimate of drug-likeness (QED) is 0.631. The van der Waals surface area contributed by atoms with Gasteiger partial charge in [-0.15, -0.1) is 0 Å². The van der Waals surface area contributed by atoms with Crippen LogP contribution in [0, 0.1) is 11.8 Å². The van der Waals surface area contributed by atoms with E-state index in [1.54, 1.807) is 0 Å². The fraction of sp³-hybridized carbons (Fsp3) is 0.857. The summed E-state index contributed by atoms with van der Waals surface area (Å²) in [5.41, 5.74) is 0. The topological polar surface area (TPSA) is 46.2 Å². The third-order valence-corrected chi connectivity index (χ3v) is 2.66. The van der Waals surface area contributed by atoms with E-state index >= 15 is 0 Å². The second-order valence-corrected chi connectivity index (χ2v) is 5.38. The first-order valence-corrected chi connectivity index (χ1v) is 6.73. The van der Waals surface area contributed by atoms with Gasteiger partial charge in [0.1, 0.15) is 5.78 Å². The van der Waals surface area contributed by atoms with Crippen LogP contribution in [0.1, 0.15) is 59.8 Å². The molecule has 0 aromatic rings. The van der Waals surface area contributed by atoms with Crippen LogP contribution in [0.15, 0.2) is 0 Å². The Kier molecular flexibility index (Phi) is 8.73. The summed E-state index contributed by atoms with van der Waals surface area (Å²) < 4.78 is 0. The average molecular weight is 241 g/mol. The Balaban J connectivity index is 3.35. The van der Waals surface area contributed by atoms with Crippen LogP contribution in [0.25, 0.3) is 0 Å². The van der Waals surface area contributed by atoms with Crippen LogP contribution >= 0.6 is 0 Å². The molecule has 0 aliphatic carbocycles. The van der Waals surface area contributed by atoms with Gasteiger partial charge in [0.2, 0.25) is 5.91 Å². The van der Waals surface area contributed by atoms with Gasteiger partial charge in [-0.2, -0.15) is 0 Å². The summed E-state index contributed by atoms with van der Waals surface area (Å²) in [4.78, 5) is 22.7. The minimum Gasteiger partial charge on any atom is -0.356 e. The van der Waals surface area contributed by atoms with E-state index in [0.717, 1.165) is 25.8 Å². The molecule has 0 spiro atoms. The monoisotopic (exact) mass is 241 g/mol. The van der Waals surface area contributed by atoms with Crippen LogP contribution in [-0.2, 0) is 9.59 Å². The van der Waals surface area contributed by atoms with E-state index in [9.17, 15) is 9.59 Å². The van der Waals surface area contributed by atoms with E-state index in [4.69, 9.17) is 0 Å². The Labute approximate surface area is 105 Å². The number of carbonyl (C=O) groups excluding carboxylic acids is 2. The maximum Gasteiger partial charge on any atom is 0.220 e. The molecule has 0 fully saturated rings. The summed E-state index contributed by atoms with van der Waals surface area (Å²) in [6.07, 6.45) is 4.20. The van der Waals surface area contributed by atoms with Crippen LogP contribution in [0.5, 0.6) is 0 Å². The lowest BCUT2D eigenvalue weighted by molar-refractivity contribution is -0.122. The molecule has 1 N–H and O–H groups in total. The maximum absolute atomic E-state index is 11.3. The molecular formula is C14H27NO2. The van der Waals surface area contributed by atoms with Gasteiger partial charge in [0.25, 0.3) is 0 Å². The molecule has 3 heteroatoms.